The van der Waals surface area contributed by atoms with Crippen molar-refractivity contribution in [3.05, 3.63) is 12.2 Å². The molecule has 0 saturated carbocycles. The highest BCUT2D eigenvalue weighted by Gasteiger charge is 2.27. The second-order valence-electron chi connectivity index (χ2n) is 4.48. The molecule has 3 heteroatoms. The van der Waals surface area contributed by atoms with Crippen LogP contribution in [0.25, 0.3) is 0 Å². The standard InChI is InChI=1S/C11H18O3/c1-11(2,14-10(12)13)8-9-6-4-3-5-7-9/h3-4,9H,5-8H2,1-2H3,(H,12,13). The van der Waals surface area contributed by atoms with Gasteiger partial charge in [0.15, 0.2) is 0 Å². The molecule has 0 aliphatic heterocycles. The lowest BCUT2D eigenvalue weighted by Gasteiger charge is -2.29. The zero-order valence-corrected chi connectivity index (χ0v) is 8.82. The molecule has 80 valence electrons. The van der Waals surface area contributed by atoms with E-state index in [2.05, 4.69) is 12.2 Å². The van der Waals surface area contributed by atoms with Gasteiger partial charge in [-0.05, 0) is 45.4 Å². The number of hydrogen-bond donors (Lipinski definition) is 1. The Morgan fingerprint density at radius 1 is 1.57 bits per heavy atom. The van der Waals surface area contributed by atoms with Crippen molar-refractivity contribution in [2.45, 2.75) is 45.1 Å². The minimum absolute atomic E-state index is 0.554. The minimum atomic E-state index is -1.18. The van der Waals surface area contributed by atoms with Crippen LogP contribution in [0.5, 0.6) is 0 Å². The maximum atomic E-state index is 10.4. The first kappa shape index (κ1) is 11.1. The Balaban J connectivity index is 2.41. The third kappa shape index (κ3) is 3.81. The maximum Gasteiger partial charge on any atom is 0.506 e. The molecular weight excluding hydrogens is 180 g/mol. The summed E-state index contributed by atoms with van der Waals surface area (Å²) < 4.78 is 4.83. The SMILES string of the molecule is CC(C)(CC1CC=CCC1)OC(=O)O. The van der Waals surface area contributed by atoms with E-state index in [4.69, 9.17) is 9.84 Å². The summed E-state index contributed by atoms with van der Waals surface area (Å²) in [4.78, 5) is 10.4. The summed E-state index contributed by atoms with van der Waals surface area (Å²) in [5.74, 6) is 0.564. The number of rotatable bonds is 3. The molecule has 0 spiro atoms. The average molecular weight is 198 g/mol. The molecule has 0 aromatic rings. The molecule has 0 amide bonds. The number of carboxylic acid groups (broad SMARTS) is 1. The van der Waals surface area contributed by atoms with Gasteiger partial charge in [0.25, 0.3) is 0 Å². The Kier molecular flexibility index (Phi) is 3.55. The fraction of sp³-hybridized carbons (Fsp3) is 0.727. The number of hydrogen-bond acceptors (Lipinski definition) is 2. The van der Waals surface area contributed by atoms with E-state index in [9.17, 15) is 4.79 Å². The van der Waals surface area contributed by atoms with Crippen LogP contribution < -0.4 is 0 Å². The Hall–Kier alpha value is -0.990. The van der Waals surface area contributed by atoms with Crippen LogP contribution in [0.3, 0.4) is 0 Å². The fourth-order valence-electron chi connectivity index (χ4n) is 2.01. The highest BCUT2D eigenvalue weighted by molar-refractivity contribution is 5.57. The van der Waals surface area contributed by atoms with Crippen LogP contribution in [0, 0.1) is 5.92 Å². The van der Waals surface area contributed by atoms with E-state index in [1.807, 2.05) is 13.8 Å². The first-order valence-corrected chi connectivity index (χ1v) is 5.06. The summed E-state index contributed by atoms with van der Waals surface area (Å²) in [7, 11) is 0. The van der Waals surface area contributed by atoms with Crippen molar-refractivity contribution in [2.24, 2.45) is 5.92 Å². The van der Waals surface area contributed by atoms with Crippen molar-refractivity contribution < 1.29 is 14.6 Å². The van der Waals surface area contributed by atoms with Gasteiger partial charge >= 0.3 is 6.16 Å². The third-order valence-electron chi connectivity index (χ3n) is 2.52. The van der Waals surface area contributed by atoms with Gasteiger partial charge in [0, 0.05) is 0 Å². The maximum absolute atomic E-state index is 10.4. The normalized spacial score (nSPS) is 22.0. The van der Waals surface area contributed by atoms with Gasteiger partial charge in [-0.1, -0.05) is 12.2 Å². The van der Waals surface area contributed by atoms with E-state index in [1.54, 1.807) is 0 Å². The second kappa shape index (κ2) is 4.49. The van der Waals surface area contributed by atoms with Crippen molar-refractivity contribution in [3.63, 3.8) is 0 Å². The Morgan fingerprint density at radius 2 is 2.29 bits per heavy atom. The van der Waals surface area contributed by atoms with E-state index >= 15 is 0 Å². The van der Waals surface area contributed by atoms with Crippen molar-refractivity contribution >= 4 is 6.16 Å². The lowest BCUT2D eigenvalue weighted by molar-refractivity contribution is -0.0107. The highest BCUT2D eigenvalue weighted by atomic mass is 16.7. The van der Waals surface area contributed by atoms with Crippen LogP contribution >= 0.6 is 0 Å². The quantitative estimate of drug-likeness (QED) is 0.559. The molecule has 1 aliphatic rings. The van der Waals surface area contributed by atoms with Crippen molar-refractivity contribution in [1.29, 1.82) is 0 Å². The van der Waals surface area contributed by atoms with Crippen LogP contribution in [0.2, 0.25) is 0 Å². The molecular formula is C11H18O3. The number of ether oxygens (including phenoxy) is 1. The first-order valence-electron chi connectivity index (χ1n) is 5.06. The highest BCUT2D eigenvalue weighted by Crippen LogP contribution is 2.29. The fourth-order valence-corrected chi connectivity index (χ4v) is 2.01. The molecule has 14 heavy (non-hydrogen) atoms. The molecule has 0 heterocycles. The summed E-state index contributed by atoms with van der Waals surface area (Å²) in [5, 5.41) is 8.54. The summed E-state index contributed by atoms with van der Waals surface area (Å²) in [6.45, 7) is 3.67. The molecule has 0 aromatic heterocycles. The lowest BCUT2D eigenvalue weighted by atomic mass is 9.85. The van der Waals surface area contributed by atoms with E-state index in [0.29, 0.717) is 5.92 Å². The van der Waals surface area contributed by atoms with Crippen molar-refractivity contribution in [3.8, 4) is 0 Å². The zero-order valence-electron chi connectivity index (χ0n) is 8.82. The van der Waals surface area contributed by atoms with Gasteiger partial charge in [0.05, 0.1) is 0 Å². The second-order valence-corrected chi connectivity index (χ2v) is 4.48. The van der Waals surface area contributed by atoms with Gasteiger partial charge < -0.3 is 9.84 Å². The molecule has 1 unspecified atom stereocenters. The van der Waals surface area contributed by atoms with E-state index in [-0.39, 0.29) is 0 Å². The van der Waals surface area contributed by atoms with Crippen LogP contribution in [-0.4, -0.2) is 16.9 Å². The molecule has 1 N–H and O–H groups in total. The molecule has 0 radical (unpaired) electrons. The Labute approximate surface area is 84.8 Å². The van der Waals surface area contributed by atoms with Gasteiger partial charge in [0.1, 0.15) is 5.60 Å². The Bertz CT molecular complexity index is 231. The number of carbonyl (C=O) groups is 1. The van der Waals surface area contributed by atoms with E-state index in [1.165, 1.54) is 0 Å². The number of allylic oxidation sites excluding steroid dienone is 2. The van der Waals surface area contributed by atoms with Crippen LogP contribution in [-0.2, 0) is 4.74 Å². The van der Waals surface area contributed by atoms with E-state index < -0.39 is 11.8 Å². The topological polar surface area (TPSA) is 46.5 Å². The van der Waals surface area contributed by atoms with Crippen molar-refractivity contribution in [2.75, 3.05) is 0 Å². The molecule has 0 bridgehead atoms. The molecule has 0 saturated heterocycles. The molecule has 1 rings (SSSR count). The monoisotopic (exact) mass is 198 g/mol. The molecule has 0 aromatic carbocycles. The van der Waals surface area contributed by atoms with E-state index in [0.717, 1.165) is 25.7 Å². The predicted molar refractivity (Wildman–Crippen MR) is 54.3 cm³/mol. The Morgan fingerprint density at radius 3 is 2.79 bits per heavy atom. The average Bonchev–Trinajstić information content (AvgIpc) is 2.02. The van der Waals surface area contributed by atoms with Gasteiger partial charge in [-0.15, -0.1) is 0 Å². The summed E-state index contributed by atoms with van der Waals surface area (Å²) >= 11 is 0. The van der Waals surface area contributed by atoms with Crippen LogP contribution in [0.4, 0.5) is 4.79 Å². The van der Waals surface area contributed by atoms with Gasteiger partial charge in [-0.25, -0.2) is 4.79 Å². The van der Waals surface area contributed by atoms with Gasteiger partial charge in [0.2, 0.25) is 0 Å². The zero-order chi connectivity index (χ0) is 10.6. The molecule has 3 nitrogen and oxygen atoms in total. The summed E-state index contributed by atoms with van der Waals surface area (Å²) in [6.07, 6.45) is 7.28. The smallest absolute Gasteiger partial charge is 0.450 e. The summed E-state index contributed by atoms with van der Waals surface area (Å²) in [5.41, 5.74) is -0.554. The minimum Gasteiger partial charge on any atom is -0.450 e. The molecule has 0 fully saturated rings. The van der Waals surface area contributed by atoms with Crippen LogP contribution in [0.15, 0.2) is 12.2 Å². The summed E-state index contributed by atoms with van der Waals surface area (Å²) in [6, 6.07) is 0. The van der Waals surface area contributed by atoms with Gasteiger partial charge in [-0.3, -0.25) is 0 Å². The van der Waals surface area contributed by atoms with Crippen molar-refractivity contribution in [1.82, 2.24) is 0 Å². The molecule has 1 aliphatic carbocycles. The third-order valence-corrected chi connectivity index (χ3v) is 2.52. The lowest BCUT2D eigenvalue weighted by Crippen LogP contribution is -2.30. The van der Waals surface area contributed by atoms with Gasteiger partial charge in [-0.2, -0.15) is 0 Å². The largest absolute Gasteiger partial charge is 0.506 e. The molecule has 1 atom stereocenters. The first-order chi connectivity index (χ1) is 6.49. The predicted octanol–water partition coefficient (Wildman–Crippen LogP) is 3.21. The van der Waals surface area contributed by atoms with Crippen LogP contribution in [0.1, 0.15) is 39.5 Å².